The van der Waals surface area contributed by atoms with Gasteiger partial charge in [0, 0.05) is 31.1 Å². The zero-order valence-corrected chi connectivity index (χ0v) is 13.6. The topological polar surface area (TPSA) is 72.4 Å². The summed E-state index contributed by atoms with van der Waals surface area (Å²) in [5.41, 5.74) is 3.07. The van der Waals surface area contributed by atoms with Crippen molar-refractivity contribution < 1.29 is 8.78 Å². The second-order valence-electron chi connectivity index (χ2n) is 5.91. The average Bonchev–Trinajstić information content (AvgIpc) is 3.19. The van der Waals surface area contributed by atoms with E-state index in [0.717, 1.165) is 29.3 Å². The van der Waals surface area contributed by atoms with E-state index in [4.69, 9.17) is 0 Å². The van der Waals surface area contributed by atoms with Crippen LogP contribution in [0.15, 0.2) is 43.0 Å². The monoisotopic (exact) mass is 343 g/mol. The summed E-state index contributed by atoms with van der Waals surface area (Å²) < 4.78 is 29.9. The zero-order chi connectivity index (χ0) is 17.6. The van der Waals surface area contributed by atoms with Crippen LogP contribution in [-0.4, -0.2) is 41.2 Å². The molecular weight excluding hydrogens is 328 g/mol. The molecule has 0 unspecified atom stereocenters. The first-order valence-corrected chi connectivity index (χ1v) is 7.71. The van der Waals surface area contributed by atoms with Gasteiger partial charge in [0.15, 0.2) is 5.65 Å². The van der Waals surface area contributed by atoms with Gasteiger partial charge in [-0.1, -0.05) is 0 Å². The Kier molecular flexibility index (Phi) is 3.38. The fourth-order valence-electron chi connectivity index (χ4n) is 2.46. The lowest BCUT2D eigenvalue weighted by Crippen LogP contribution is -2.35. The summed E-state index contributed by atoms with van der Waals surface area (Å²) in [6.07, 6.45) is 6.77. The van der Waals surface area contributed by atoms with Gasteiger partial charge in [0.25, 0.3) is 5.92 Å². The van der Waals surface area contributed by atoms with Crippen LogP contribution < -0.4 is 5.32 Å². The Bertz CT molecular complexity index is 1050. The molecule has 0 aliphatic heterocycles. The third kappa shape index (κ3) is 2.77. The van der Waals surface area contributed by atoms with Crippen LogP contribution in [0.4, 0.5) is 14.7 Å². The number of halogens is 2. The van der Waals surface area contributed by atoms with E-state index in [1.165, 1.54) is 6.92 Å². The Hall–Kier alpha value is -3.10. The fraction of sp³-hybridized carbons (Fsp3) is 0.250. The van der Waals surface area contributed by atoms with Gasteiger partial charge in [-0.3, -0.25) is 0 Å². The van der Waals surface area contributed by atoms with E-state index in [1.54, 1.807) is 33.8 Å². The molecule has 7 nitrogen and oxygen atoms in total. The van der Waals surface area contributed by atoms with Gasteiger partial charge in [-0.25, -0.2) is 27.8 Å². The molecule has 0 fully saturated rings. The van der Waals surface area contributed by atoms with Crippen molar-refractivity contribution in [2.75, 3.05) is 5.32 Å². The summed E-state index contributed by atoms with van der Waals surface area (Å²) in [6, 6.07) is 4.51. The molecular formula is C16H15F2N7. The van der Waals surface area contributed by atoms with Crippen molar-refractivity contribution in [1.82, 2.24) is 29.2 Å². The molecule has 25 heavy (non-hydrogen) atoms. The molecule has 0 saturated carbocycles. The predicted octanol–water partition coefficient (Wildman–Crippen LogP) is 2.89. The maximum absolute atomic E-state index is 13.3. The van der Waals surface area contributed by atoms with Crippen molar-refractivity contribution in [2.24, 2.45) is 0 Å². The highest BCUT2D eigenvalue weighted by Crippen LogP contribution is 2.24. The van der Waals surface area contributed by atoms with Crippen LogP contribution in [-0.2, 0) is 0 Å². The highest BCUT2D eigenvalue weighted by molar-refractivity contribution is 5.78. The third-order valence-corrected chi connectivity index (χ3v) is 4.05. The van der Waals surface area contributed by atoms with Gasteiger partial charge in [-0.2, -0.15) is 5.10 Å². The second kappa shape index (κ2) is 5.47. The fourth-order valence-corrected chi connectivity index (χ4v) is 2.46. The quantitative estimate of drug-likeness (QED) is 0.617. The minimum atomic E-state index is -2.87. The van der Waals surface area contributed by atoms with Gasteiger partial charge in [-0.05, 0) is 25.1 Å². The molecule has 0 spiro atoms. The molecule has 0 bridgehead atoms. The number of fused-ring (bicyclic) bond motifs is 2. The summed E-state index contributed by atoms with van der Waals surface area (Å²) in [7, 11) is 0. The molecule has 4 heterocycles. The Morgan fingerprint density at radius 1 is 1.08 bits per heavy atom. The molecule has 0 saturated heterocycles. The van der Waals surface area contributed by atoms with Crippen LogP contribution in [0.3, 0.4) is 0 Å². The molecule has 4 aromatic heterocycles. The predicted molar refractivity (Wildman–Crippen MR) is 88.7 cm³/mol. The lowest BCUT2D eigenvalue weighted by molar-refractivity contribution is 0.00673. The molecule has 4 aromatic rings. The van der Waals surface area contributed by atoms with Crippen LogP contribution in [0.1, 0.15) is 13.8 Å². The molecule has 4 rings (SSSR count). The lowest BCUT2D eigenvalue weighted by Gasteiger charge is -2.20. The van der Waals surface area contributed by atoms with Gasteiger partial charge in [0.1, 0.15) is 0 Å². The molecule has 9 heteroatoms. The molecule has 0 aliphatic rings. The molecule has 128 valence electrons. The minimum absolute atomic E-state index is 0.140. The highest BCUT2D eigenvalue weighted by atomic mass is 19.3. The maximum atomic E-state index is 13.3. The normalized spacial score (nSPS) is 13.4. The van der Waals surface area contributed by atoms with Gasteiger partial charge in [0.2, 0.25) is 5.95 Å². The number of anilines is 1. The van der Waals surface area contributed by atoms with Crippen LogP contribution in [0.5, 0.6) is 0 Å². The highest BCUT2D eigenvalue weighted by Gasteiger charge is 2.30. The number of aromatic nitrogens is 6. The van der Waals surface area contributed by atoms with Gasteiger partial charge in [-0.15, -0.1) is 5.10 Å². The molecule has 0 radical (unpaired) electrons. The SMILES string of the molecule is C[C@@H](Nc1ncc2c(-c3ccc4nccn4n3)ccn2n1)C(C)(F)F. The van der Waals surface area contributed by atoms with Crippen molar-refractivity contribution >= 4 is 17.1 Å². The van der Waals surface area contributed by atoms with E-state index in [9.17, 15) is 8.78 Å². The largest absolute Gasteiger partial charge is 0.344 e. The van der Waals surface area contributed by atoms with Crippen LogP contribution in [0, 0.1) is 0 Å². The van der Waals surface area contributed by atoms with Crippen LogP contribution >= 0.6 is 0 Å². The number of nitrogens with zero attached hydrogens (tertiary/aromatic N) is 6. The number of alkyl halides is 2. The summed E-state index contributed by atoms with van der Waals surface area (Å²) in [6.45, 7) is 2.24. The van der Waals surface area contributed by atoms with E-state index in [0.29, 0.717) is 0 Å². The van der Waals surface area contributed by atoms with Crippen molar-refractivity contribution in [3.63, 3.8) is 0 Å². The number of nitrogens with one attached hydrogen (secondary N) is 1. The molecule has 0 aromatic carbocycles. The maximum Gasteiger partial charge on any atom is 0.264 e. The molecule has 0 aliphatic carbocycles. The minimum Gasteiger partial charge on any atom is -0.344 e. The summed E-state index contributed by atoms with van der Waals surface area (Å²) in [5.74, 6) is -2.73. The van der Waals surface area contributed by atoms with Crippen molar-refractivity contribution in [3.05, 3.63) is 43.0 Å². The molecule has 1 atom stereocenters. The first kappa shape index (κ1) is 15.4. The van der Waals surface area contributed by atoms with Gasteiger partial charge >= 0.3 is 0 Å². The third-order valence-electron chi connectivity index (χ3n) is 4.05. The first-order valence-electron chi connectivity index (χ1n) is 7.71. The van der Waals surface area contributed by atoms with Gasteiger partial charge in [0.05, 0.1) is 23.4 Å². The average molecular weight is 343 g/mol. The zero-order valence-electron chi connectivity index (χ0n) is 13.6. The Morgan fingerprint density at radius 2 is 1.92 bits per heavy atom. The van der Waals surface area contributed by atoms with Crippen molar-refractivity contribution in [1.29, 1.82) is 0 Å². The number of hydrogen-bond donors (Lipinski definition) is 1. The van der Waals surface area contributed by atoms with E-state index < -0.39 is 12.0 Å². The van der Waals surface area contributed by atoms with Gasteiger partial charge < -0.3 is 5.32 Å². The Labute approximate surface area is 141 Å². The number of imidazole rings is 1. The van der Waals surface area contributed by atoms with E-state index in [2.05, 4.69) is 25.5 Å². The second-order valence-corrected chi connectivity index (χ2v) is 5.91. The number of hydrogen-bond acceptors (Lipinski definition) is 5. The standard InChI is InChI=1S/C16H15F2N7/c1-10(16(2,17)18)21-15-20-9-13-11(5-7-24(13)23-15)12-3-4-14-19-6-8-25(14)22-12/h3-10H,1-2H3,(H,21,23)/t10-/m1/s1. The van der Waals surface area contributed by atoms with Crippen LogP contribution in [0.2, 0.25) is 0 Å². The Morgan fingerprint density at radius 3 is 2.72 bits per heavy atom. The lowest BCUT2D eigenvalue weighted by atomic mass is 10.2. The van der Waals surface area contributed by atoms with E-state index in [-0.39, 0.29) is 5.95 Å². The van der Waals surface area contributed by atoms with Crippen LogP contribution in [0.25, 0.3) is 22.4 Å². The first-order chi connectivity index (χ1) is 11.9. The summed E-state index contributed by atoms with van der Waals surface area (Å²) >= 11 is 0. The Balaban J connectivity index is 1.70. The summed E-state index contributed by atoms with van der Waals surface area (Å²) in [4.78, 5) is 8.31. The van der Waals surface area contributed by atoms with E-state index >= 15 is 0 Å². The number of rotatable bonds is 4. The van der Waals surface area contributed by atoms with Crippen molar-refractivity contribution in [3.8, 4) is 11.3 Å². The molecule has 1 N–H and O–H groups in total. The molecule has 0 amide bonds. The summed E-state index contributed by atoms with van der Waals surface area (Å²) in [5, 5.41) is 11.4. The smallest absolute Gasteiger partial charge is 0.264 e. The van der Waals surface area contributed by atoms with E-state index in [1.807, 2.05) is 18.2 Å². The van der Waals surface area contributed by atoms with Crippen molar-refractivity contribution in [2.45, 2.75) is 25.8 Å².